The van der Waals surface area contributed by atoms with Crippen molar-refractivity contribution in [3.8, 4) is 0 Å². The van der Waals surface area contributed by atoms with Gasteiger partial charge in [-0.3, -0.25) is 4.79 Å². The van der Waals surface area contributed by atoms with Gasteiger partial charge in [-0.15, -0.1) is 0 Å². The van der Waals surface area contributed by atoms with E-state index in [0.717, 1.165) is 11.1 Å². The van der Waals surface area contributed by atoms with Gasteiger partial charge in [0.2, 0.25) is 5.91 Å². The smallest absolute Gasteiger partial charge is 0.328 e. The molecular formula is C16H17NO3S. The number of nitrogens with one attached hydrogen (secondary N) is 1. The monoisotopic (exact) mass is 303 g/mol. The van der Waals surface area contributed by atoms with Crippen LogP contribution in [0.3, 0.4) is 0 Å². The molecule has 2 rings (SSSR count). The summed E-state index contributed by atoms with van der Waals surface area (Å²) in [6.07, 6.45) is 0.689. The number of methoxy groups -OCH3 is 1. The Bertz CT molecular complexity index is 581. The number of carbonyl (C=O) groups excluding carboxylic acids is 2. The van der Waals surface area contributed by atoms with Crippen LogP contribution in [0.15, 0.2) is 47.2 Å². The minimum Gasteiger partial charge on any atom is -0.467 e. The Kier molecular flexibility index (Phi) is 5.51. The number of ether oxygens (including phenoxy) is 1. The van der Waals surface area contributed by atoms with Gasteiger partial charge >= 0.3 is 5.97 Å². The lowest BCUT2D eigenvalue weighted by atomic mass is 10.1. The molecule has 1 amide bonds. The topological polar surface area (TPSA) is 55.4 Å². The zero-order valence-corrected chi connectivity index (χ0v) is 12.6. The van der Waals surface area contributed by atoms with Gasteiger partial charge in [0, 0.05) is 6.42 Å². The summed E-state index contributed by atoms with van der Waals surface area (Å²) in [6.45, 7) is 0. The fourth-order valence-corrected chi connectivity index (χ4v) is 2.68. The summed E-state index contributed by atoms with van der Waals surface area (Å²) in [5.74, 6) is -0.614. The van der Waals surface area contributed by atoms with E-state index in [9.17, 15) is 9.59 Å². The predicted molar refractivity (Wildman–Crippen MR) is 82.1 cm³/mol. The lowest BCUT2D eigenvalue weighted by molar-refractivity contribution is -0.145. The first kappa shape index (κ1) is 15.3. The second kappa shape index (κ2) is 7.59. The number of amides is 1. The number of hydrogen-bond donors (Lipinski definition) is 1. The minimum absolute atomic E-state index is 0.181. The van der Waals surface area contributed by atoms with Crippen LogP contribution in [0.5, 0.6) is 0 Å². The van der Waals surface area contributed by atoms with Gasteiger partial charge in [0.05, 0.1) is 13.5 Å². The van der Waals surface area contributed by atoms with Gasteiger partial charge < -0.3 is 10.1 Å². The normalized spacial score (nSPS) is 11.7. The van der Waals surface area contributed by atoms with Crippen LogP contribution >= 0.6 is 11.3 Å². The molecule has 0 aliphatic heterocycles. The van der Waals surface area contributed by atoms with Gasteiger partial charge in [0.1, 0.15) is 6.04 Å². The molecule has 110 valence electrons. The lowest BCUT2D eigenvalue weighted by Crippen LogP contribution is -2.43. The van der Waals surface area contributed by atoms with E-state index < -0.39 is 12.0 Å². The van der Waals surface area contributed by atoms with E-state index in [2.05, 4.69) is 5.32 Å². The molecule has 0 saturated carbocycles. The summed E-state index contributed by atoms with van der Waals surface area (Å²) in [5.41, 5.74) is 1.92. The van der Waals surface area contributed by atoms with Gasteiger partial charge in [-0.25, -0.2) is 4.79 Å². The molecule has 0 fully saturated rings. The van der Waals surface area contributed by atoms with E-state index in [4.69, 9.17) is 4.74 Å². The largest absolute Gasteiger partial charge is 0.467 e. The highest BCUT2D eigenvalue weighted by molar-refractivity contribution is 7.07. The fraction of sp³-hybridized carbons (Fsp3) is 0.250. The van der Waals surface area contributed by atoms with Crippen molar-refractivity contribution in [1.29, 1.82) is 0 Å². The summed E-state index contributed by atoms with van der Waals surface area (Å²) in [5, 5.41) is 6.59. The molecule has 0 saturated heterocycles. The van der Waals surface area contributed by atoms with Crippen LogP contribution < -0.4 is 5.32 Å². The Morgan fingerprint density at radius 1 is 1.19 bits per heavy atom. The van der Waals surface area contributed by atoms with Crippen molar-refractivity contribution in [2.24, 2.45) is 0 Å². The van der Waals surface area contributed by atoms with E-state index in [1.54, 1.807) is 11.3 Å². The highest BCUT2D eigenvalue weighted by Crippen LogP contribution is 2.08. The molecule has 2 aromatic rings. The summed E-state index contributed by atoms with van der Waals surface area (Å²) in [6, 6.07) is 10.8. The Morgan fingerprint density at radius 3 is 2.57 bits per heavy atom. The van der Waals surface area contributed by atoms with E-state index in [1.807, 2.05) is 47.2 Å². The Labute approximate surface area is 127 Å². The molecule has 1 aromatic carbocycles. The third-order valence-electron chi connectivity index (χ3n) is 3.05. The highest BCUT2D eigenvalue weighted by atomic mass is 32.1. The van der Waals surface area contributed by atoms with Crippen LogP contribution in [0.25, 0.3) is 0 Å². The lowest BCUT2D eigenvalue weighted by Gasteiger charge is -2.16. The van der Waals surface area contributed by atoms with Crippen molar-refractivity contribution in [2.75, 3.05) is 7.11 Å². The molecule has 0 aliphatic carbocycles. The molecule has 1 aromatic heterocycles. The number of hydrogen-bond acceptors (Lipinski definition) is 4. The summed E-state index contributed by atoms with van der Waals surface area (Å²) in [4.78, 5) is 23.8. The van der Waals surface area contributed by atoms with E-state index in [0.29, 0.717) is 6.42 Å². The molecule has 21 heavy (non-hydrogen) atoms. The molecule has 0 radical (unpaired) electrons. The number of thiophene rings is 1. The van der Waals surface area contributed by atoms with Gasteiger partial charge in [-0.2, -0.15) is 11.3 Å². The second-order valence-corrected chi connectivity index (χ2v) is 5.42. The van der Waals surface area contributed by atoms with Crippen LogP contribution in [0, 0.1) is 0 Å². The molecule has 1 heterocycles. The fourth-order valence-electron chi connectivity index (χ4n) is 2.01. The van der Waals surface area contributed by atoms with Crippen molar-refractivity contribution >= 4 is 23.2 Å². The Balaban J connectivity index is 1.99. The van der Waals surface area contributed by atoms with Crippen molar-refractivity contribution in [1.82, 2.24) is 5.32 Å². The van der Waals surface area contributed by atoms with E-state index >= 15 is 0 Å². The van der Waals surface area contributed by atoms with Gasteiger partial charge in [-0.1, -0.05) is 30.3 Å². The summed E-state index contributed by atoms with van der Waals surface area (Å²) < 4.78 is 4.77. The van der Waals surface area contributed by atoms with Gasteiger partial charge in [0.25, 0.3) is 0 Å². The number of rotatable bonds is 6. The first-order valence-electron chi connectivity index (χ1n) is 6.61. The predicted octanol–water partition coefficient (Wildman–Crippen LogP) is 2.19. The second-order valence-electron chi connectivity index (χ2n) is 4.64. The standard InChI is InChI=1S/C16H17NO3S/c1-20-16(19)14(9-12-5-3-2-4-6-12)17-15(18)10-13-7-8-21-11-13/h2-8,11,14H,9-10H2,1H3,(H,17,18)/t14-/m0/s1. The molecule has 1 atom stereocenters. The maximum atomic E-state index is 12.0. The molecule has 0 unspecified atom stereocenters. The number of benzene rings is 1. The quantitative estimate of drug-likeness (QED) is 0.832. The Hall–Kier alpha value is -2.14. The zero-order valence-electron chi connectivity index (χ0n) is 11.7. The van der Waals surface area contributed by atoms with Crippen LogP contribution in [0.1, 0.15) is 11.1 Å². The van der Waals surface area contributed by atoms with Crippen LogP contribution in [0.4, 0.5) is 0 Å². The van der Waals surface area contributed by atoms with Crippen molar-refractivity contribution < 1.29 is 14.3 Å². The minimum atomic E-state index is -0.663. The summed E-state index contributed by atoms with van der Waals surface area (Å²) >= 11 is 1.54. The number of carbonyl (C=O) groups is 2. The molecular weight excluding hydrogens is 286 g/mol. The third-order valence-corrected chi connectivity index (χ3v) is 3.78. The van der Waals surface area contributed by atoms with Crippen molar-refractivity contribution in [2.45, 2.75) is 18.9 Å². The first-order valence-corrected chi connectivity index (χ1v) is 7.55. The van der Waals surface area contributed by atoms with Crippen molar-refractivity contribution in [3.63, 3.8) is 0 Å². The average molecular weight is 303 g/mol. The molecule has 4 nitrogen and oxygen atoms in total. The SMILES string of the molecule is COC(=O)[C@H](Cc1ccccc1)NC(=O)Cc1ccsc1. The maximum absolute atomic E-state index is 12.0. The molecule has 0 spiro atoms. The summed E-state index contributed by atoms with van der Waals surface area (Å²) in [7, 11) is 1.32. The first-order chi connectivity index (χ1) is 10.2. The van der Waals surface area contributed by atoms with E-state index in [-0.39, 0.29) is 12.3 Å². The molecule has 0 bridgehead atoms. The zero-order chi connectivity index (χ0) is 15.1. The van der Waals surface area contributed by atoms with Gasteiger partial charge in [-0.05, 0) is 28.0 Å². The van der Waals surface area contributed by atoms with Crippen LogP contribution in [-0.4, -0.2) is 25.0 Å². The number of esters is 1. The molecule has 1 N–H and O–H groups in total. The molecule has 5 heteroatoms. The van der Waals surface area contributed by atoms with Crippen LogP contribution in [-0.2, 0) is 27.2 Å². The highest BCUT2D eigenvalue weighted by Gasteiger charge is 2.21. The maximum Gasteiger partial charge on any atom is 0.328 e. The van der Waals surface area contributed by atoms with E-state index in [1.165, 1.54) is 7.11 Å². The molecule has 0 aliphatic rings. The average Bonchev–Trinajstić information content (AvgIpc) is 2.99. The third kappa shape index (κ3) is 4.72. The van der Waals surface area contributed by atoms with Crippen LogP contribution in [0.2, 0.25) is 0 Å². The van der Waals surface area contributed by atoms with Gasteiger partial charge in [0.15, 0.2) is 0 Å². The Morgan fingerprint density at radius 2 is 1.95 bits per heavy atom. The van der Waals surface area contributed by atoms with Crippen molar-refractivity contribution in [3.05, 3.63) is 58.3 Å².